The molecule has 0 aromatic carbocycles. The summed E-state index contributed by atoms with van der Waals surface area (Å²) < 4.78 is 26.7. The third-order valence-corrected chi connectivity index (χ3v) is 4.80. The highest BCUT2D eigenvalue weighted by Crippen LogP contribution is 2.44. The smallest absolute Gasteiger partial charge is 0.248 e. The highest BCUT2D eigenvalue weighted by atomic mass is 19.3. The van der Waals surface area contributed by atoms with E-state index in [1.165, 1.54) is 6.42 Å². The molecule has 17 heavy (non-hydrogen) atoms. The molecule has 0 aromatic heterocycles. The lowest BCUT2D eigenvalue weighted by molar-refractivity contribution is -0.0942. The van der Waals surface area contributed by atoms with E-state index >= 15 is 0 Å². The number of hydrogen-bond acceptors (Lipinski definition) is 1. The van der Waals surface area contributed by atoms with Crippen molar-refractivity contribution < 1.29 is 13.9 Å². The molecular weight excluding hydrogens is 222 g/mol. The van der Waals surface area contributed by atoms with Crippen molar-refractivity contribution in [2.24, 2.45) is 11.8 Å². The Balaban J connectivity index is 1.95. The topological polar surface area (TPSA) is 20.2 Å². The third kappa shape index (κ3) is 3.18. The zero-order valence-electron chi connectivity index (χ0n) is 10.7. The lowest BCUT2D eigenvalue weighted by Crippen LogP contribution is -2.42. The molecule has 2 aliphatic carbocycles. The molecule has 2 saturated carbocycles. The molecule has 3 atom stereocenters. The van der Waals surface area contributed by atoms with Gasteiger partial charge in [0.05, 0.1) is 5.60 Å². The van der Waals surface area contributed by atoms with Gasteiger partial charge in [-0.2, -0.15) is 0 Å². The van der Waals surface area contributed by atoms with E-state index < -0.39 is 11.5 Å². The van der Waals surface area contributed by atoms with Crippen LogP contribution in [0.3, 0.4) is 0 Å². The van der Waals surface area contributed by atoms with Crippen molar-refractivity contribution in [2.45, 2.75) is 76.2 Å². The summed E-state index contributed by atoms with van der Waals surface area (Å²) in [7, 11) is 0. The van der Waals surface area contributed by atoms with Crippen LogP contribution in [0.5, 0.6) is 0 Å². The van der Waals surface area contributed by atoms with Gasteiger partial charge in [-0.15, -0.1) is 0 Å². The summed E-state index contributed by atoms with van der Waals surface area (Å²) in [5, 5.41) is 10.6. The quantitative estimate of drug-likeness (QED) is 0.776. The Morgan fingerprint density at radius 3 is 2.53 bits per heavy atom. The van der Waals surface area contributed by atoms with Crippen LogP contribution in [0.25, 0.3) is 0 Å². The van der Waals surface area contributed by atoms with Gasteiger partial charge in [0.25, 0.3) is 0 Å². The average Bonchev–Trinajstić information content (AvgIpc) is 2.21. The molecule has 2 rings (SSSR count). The first-order chi connectivity index (χ1) is 7.91. The second-order valence-electron chi connectivity index (χ2n) is 6.27. The maximum absolute atomic E-state index is 13.3. The molecule has 2 aliphatic rings. The van der Waals surface area contributed by atoms with Gasteiger partial charge in [-0.05, 0) is 43.9 Å². The Kier molecular flexibility index (Phi) is 3.77. The van der Waals surface area contributed by atoms with E-state index in [1.807, 2.05) is 0 Å². The molecule has 0 bridgehead atoms. The minimum atomic E-state index is -2.49. The molecule has 3 heteroatoms. The molecule has 0 amide bonds. The maximum atomic E-state index is 13.3. The molecule has 1 nitrogen and oxygen atoms in total. The van der Waals surface area contributed by atoms with E-state index in [0.717, 1.165) is 25.7 Å². The summed E-state index contributed by atoms with van der Waals surface area (Å²) >= 11 is 0. The number of alkyl halides is 2. The summed E-state index contributed by atoms with van der Waals surface area (Å²) in [5.41, 5.74) is -0.670. The molecule has 2 fully saturated rings. The van der Waals surface area contributed by atoms with Crippen LogP contribution < -0.4 is 0 Å². The number of halogens is 2. The largest absolute Gasteiger partial charge is 0.390 e. The zero-order valence-corrected chi connectivity index (χ0v) is 10.7. The lowest BCUT2D eigenvalue weighted by Gasteiger charge is -2.42. The monoisotopic (exact) mass is 246 g/mol. The van der Waals surface area contributed by atoms with E-state index in [-0.39, 0.29) is 24.7 Å². The predicted octanol–water partition coefficient (Wildman–Crippen LogP) is 4.14. The van der Waals surface area contributed by atoms with Gasteiger partial charge in [0, 0.05) is 12.8 Å². The minimum Gasteiger partial charge on any atom is -0.390 e. The first kappa shape index (κ1) is 13.3. The van der Waals surface area contributed by atoms with Gasteiger partial charge in [-0.25, -0.2) is 8.78 Å². The van der Waals surface area contributed by atoms with Gasteiger partial charge < -0.3 is 5.11 Å². The van der Waals surface area contributed by atoms with Gasteiger partial charge in [0.15, 0.2) is 0 Å². The van der Waals surface area contributed by atoms with Gasteiger partial charge >= 0.3 is 0 Å². The minimum absolute atomic E-state index is 0.0119. The predicted molar refractivity (Wildman–Crippen MR) is 64.1 cm³/mol. The Morgan fingerprint density at radius 1 is 1.12 bits per heavy atom. The van der Waals surface area contributed by atoms with Crippen LogP contribution in [0.15, 0.2) is 0 Å². The Bertz CT molecular complexity index is 267. The molecular formula is C14H24F2O. The van der Waals surface area contributed by atoms with Crippen molar-refractivity contribution in [1.82, 2.24) is 0 Å². The Labute approximate surface area is 103 Å². The average molecular weight is 246 g/mol. The molecule has 3 unspecified atom stereocenters. The summed E-state index contributed by atoms with van der Waals surface area (Å²) in [4.78, 5) is 0. The molecule has 0 heterocycles. The SMILES string of the molecule is CC1CCCCC1(O)CC1CCCC(F)(F)C1. The van der Waals surface area contributed by atoms with Crippen LogP contribution >= 0.6 is 0 Å². The van der Waals surface area contributed by atoms with E-state index in [0.29, 0.717) is 12.8 Å². The van der Waals surface area contributed by atoms with E-state index in [4.69, 9.17) is 0 Å². The fourth-order valence-corrected chi connectivity index (χ4v) is 3.65. The van der Waals surface area contributed by atoms with Gasteiger partial charge in [-0.3, -0.25) is 0 Å². The highest BCUT2D eigenvalue weighted by molar-refractivity contribution is 4.91. The normalized spacial score (nSPS) is 42.4. The van der Waals surface area contributed by atoms with Crippen molar-refractivity contribution in [3.63, 3.8) is 0 Å². The van der Waals surface area contributed by atoms with E-state index in [1.54, 1.807) is 0 Å². The van der Waals surface area contributed by atoms with Crippen LogP contribution in [-0.4, -0.2) is 16.6 Å². The molecule has 0 saturated heterocycles. The zero-order chi connectivity index (χ0) is 12.5. The molecule has 0 spiro atoms. The molecule has 0 radical (unpaired) electrons. The van der Waals surface area contributed by atoms with Crippen LogP contribution in [0.4, 0.5) is 8.78 Å². The second kappa shape index (κ2) is 4.83. The van der Waals surface area contributed by atoms with Crippen LogP contribution in [0.2, 0.25) is 0 Å². The fourth-order valence-electron chi connectivity index (χ4n) is 3.65. The summed E-state index contributed by atoms with van der Waals surface area (Å²) in [6, 6.07) is 0. The van der Waals surface area contributed by atoms with Crippen molar-refractivity contribution in [3.05, 3.63) is 0 Å². The molecule has 0 aliphatic heterocycles. The van der Waals surface area contributed by atoms with Crippen LogP contribution in [0, 0.1) is 11.8 Å². The van der Waals surface area contributed by atoms with Crippen LogP contribution in [0.1, 0.15) is 64.7 Å². The number of hydrogen-bond donors (Lipinski definition) is 1. The van der Waals surface area contributed by atoms with Gasteiger partial charge in [0.2, 0.25) is 5.92 Å². The first-order valence-corrected chi connectivity index (χ1v) is 7.01. The van der Waals surface area contributed by atoms with Crippen molar-refractivity contribution in [1.29, 1.82) is 0 Å². The molecule has 100 valence electrons. The number of aliphatic hydroxyl groups is 1. The maximum Gasteiger partial charge on any atom is 0.248 e. The molecule has 0 aromatic rings. The molecule has 1 N–H and O–H groups in total. The highest BCUT2D eigenvalue weighted by Gasteiger charge is 2.42. The third-order valence-electron chi connectivity index (χ3n) is 4.80. The van der Waals surface area contributed by atoms with Gasteiger partial charge in [0.1, 0.15) is 0 Å². The van der Waals surface area contributed by atoms with Crippen LogP contribution in [-0.2, 0) is 0 Å². The summed E-state index contributed by atoms with van der Waals surface area (Å²) in [6.07, 6.45) is 6.15. The fraction of sp³-hybridized carbons (Fsp3) is 1.00. The Hall–Kier alpha value is -0.180. The van der Waals surface area contributed by atoms with E-state index in [2.05, 4.69) is 6.92 Å². The second-order valence-corrected chi connectivity index (χ2v) is 6.27. The van der Waals surface area contributed by atoms with E-state index in [9.17, 15) is 13.9 Å². The first-order valence-electron chi connectivity index (χ1n) is 7.01. The Morgan fingerprint density at radius 2 is 1.88 bits per heavy atom. The number of rotatable bonds is 2. The summed E-state index contributed by atoms with van der Waals surface area (Å²) in [6.45, 7) is 2.07. The standard InChI is InChI=1S/C14H24F2O/c1-11-5-2-3-7-13(11,17)9-12-6-4-8-14(15,16)10-12/h11-12,17H,2-10H2,1H3. The van der Waals surface area contributed by atoms with Crippen molar-refractivity contribution in [2.75, 3.05) is 0 Å². The van der Waals surface area contributed by atoms with Gasteiger partial charge in [-0.1, -0.05) is 19.8 Å². The summed E-state index contributed by atoms with van der Waals surface area (Å²) in [5.74, 6) is -2.20. The lowest BCUT2D eigenvalue weighted by atomic mass is 9.69. The van der Waals surface area contributed by atoms with Crippen molar-refractivity contribution >= 4 is 0 Å². The van der Waals surface area contributed by atoms with Crippen molar-refractivity contribution in [3.8, 4) is 0 Å².